The smallest absolute Gasteiger partial charge is 0.294 e. The maximum absolute atomic E-state index is 13.0. The fourth-order valence-electron chi connectivity index (χ4n) is 3.02. The molecular formula is C21H19ClN8O3. The SMILES string of the molecule is CCOc1cccc(-c2c(C(=O)NN=C(C)c3ccc(Cl)cc3)nnn2-c2nonc2N)c1. The van der Waals surface area contributed by atoms with Crippen LogP contribution >= 0.6 is 11.6 Å². The minimum absolute atomic E-state index is 0.00120. The van der Waals surface area contributed by atoms with E-state index >= 15 is 0 Å². The molecule has 0 atom stereocenters. The Morgan fingerprint density at radius 2 is 2.03 bits per heavy atom. The molecule has 0 fully saturated rings. The molecule has 2 heterocycles. The molecule has 2 aromatic heterocycles. The van der Waals surface area contributed by atoms with E-state index in [1.807, 2.05) is 6.92 Å². The third-order valence-electron chi connectivity index (χ3n) is 4.59. The lowest BCUT2D eigenvalue weighted by atomic mass is 10.1. The van der Waals surface area contributed by atoms with Gasteiger partial charge < -0.3 is 10.5 Å². The lowest BCUT2D eigenvalue weighted by Gasteiger charge is -2.08. The second-order valence-corrected chi connectivity index (χ2v) is 7.21. The molecule has 3 N–H and O–H groups in total. The van der Waals surface area contributed by atoms with E-state index in [9.17, 15) is 4.79 Å². The van der Waals surface area contributed by atoms with E-state index < -0.39 is 5.91 Å². The molecule has 0 unspecified atom stereocenters. The summed E-state index contributed by atoms with van der Waals surface area (Å²) in [6, 6.07) is 14.2. The molecule has 1 amide bonds. The zero-order valence-electron chi connectivity index (χ0n) is 17.7. The molecule has 0 spiro atoms. The Labute approximate surface area is 193 Å². The van der Waals surface area contributed by atoms with Crippen molar-refractivity contribution in [2.24, 2.45) is 5.10 Å². The number of ether oxygens (including phenoxy) is 1. The standard InChI is InChI=1S/C21H19ClN8O3/c1-3-32-16-6-4-5-14(11-16)18-17(25-29-30(18)20-19(23)27-33-28-20)21(31)26-24-12(2)13-7-9-15(22)10-8-13/h4-11H,3H2,1-2H3,(H2,23,27)(H,26,31). The van der Waals surface area contributed by atoms with Crippen LogP contribution in [0.15, 0.2) is 58.3 Å². The molecule has 12 heteroatoms. The molecule has 4 rings (SSSR count). The number of nitrogens with one attached hydrogen (secondary N) is 1. The molecule has 0 bridgehead atoms. The van der Waals surface area contributed by atoms with Crippen molar-refractivity contribution in [3.63, 3.8) is 0 Å². The fraction of sp³-hybridized carbons (Fsp3) is 0.143. The predicted octanol–water partition coefficient (Wildman–Crippen LogP) is 3.11. The number of aromatic nitrogens is 5. The number of nitrogens with zero attached hydrogens (tertiary/aromatic N) is 6. The Kier molecular flexibility index (Phi) is 6.31. The van der Waals surface area contributed by atoms with Crippen molar-refractivity contribution >= 4 is 29.0 Å². The average Bonchev–Trinajstić information content (AvgIpc) is 3.44. The summed E-state index contributed by atoms with van der Waals surface area (Å²) >= 11 is 5.92. The third-order valence-corrected chi connectivity index (χ3v) is 4.84. The summed E-state index contributed by atoms with van der Waals surface area (Å²) in [4.78, 5) is 13.0. The van der Waals surface area contributed by atoms with E-state index in [4.69, 9.17) is 22.1 Å². The largest absolute Gasteiger partial charge is 0.494 e. The summed E-state index contributed by atoms with van der Waals surface area (Å²) in [6.07, 6.45) is 0. The molecule has 0 saturated carbocycles. The summed E-state index contributed by atoms with van der Waals surface area (Å²) < 4.78 is 11.6. The van der Waals surface area contributed by atoms with E-state index in [0.29, 0.717) is 34.3 Å². The highest BCUT2D eigenvalue weighted by atomic mass is 35.5. The third kappa shape index (κ3) is 4.67. The summed E-state index contributed by atoms with van der Waals surface area (Å²) in [7, 11) is 0. The van der Waals surface area contributed by atoms with Gasteiger partial charge in [0.05, 0.1) is 12.3 Å². The van der Waals surface area contributed by atoms with E-state index in [0.717, 1.165) is 5.56 Å². The van der Waals surface area contributed by atoms with Crippen LogP contribution in [0.4, 0.5) is 5.82 Å². The number of hydrogen-bond donors (Lipinski definition) is 2. The van der Waals surface area contributed by atoms with Crippen LogP contribution in [0.25, 0.3) is 17.1 Å². The molecule has 11 nitrogen and oxygen atoms in total. The maximum Gasteiger partial charge on any atom is 0.294 e. The van der Waals surface area contributed by atoms with E-state index in [-0.39, 0.29) is 17.3 Å². The second-order valence-electron chi connectivity index (χ2n) is 6.78. The zero-order valence-corrected chi connectivity index (χ0v) is 18.4. The highest BCUT2D eigenvalue weighted by Gasteiger charge is 2.25. The van der Waals surface area contributed by atoms with Crippen molar-refractivity contribution in [2.45, 2.75) is 13.8 Å². The molecule has 168 valence electrons. The number of anilines is 1. The van der Waals surface area contributed by atoms with Gasteiger partial charge in [-0.25, -0.2) is 10.1 Å². The topological polar surface area (TPSA) is 146 Å². The Hall–Kier alpha value is -4.25. The van der Waals surface area contributed by atoms with Gasteiger partial charge in [-0.3, -0.25) is 4.79 Å². The van der Waals surface area contributed by atoms with Crippen LogP contribution in [0.1, 0.15) is 29.9 Å². The van der Waals surface area contributed by atoms with E-state index in [1.165, 1.54) is 4.68 Å². The molecule has 0 radical (unpaired) electrons. The van der Waals surface area contributed by atoms with Crippen molar-refractivity contribution in [3.8, 4) is 22.8 Å². The van der Waals surface area contributed by atoms with Gasteiger partial charge in [0.15, 0.2) is 5.69 Å². The first kappa shape index (κ1) is 22.0. The fourth-order valence-corrected chi connectivity index (χ4v) is 3.15. The first-order valence-electron chi connectivity index (χ1n) is 9.85. The normalized spacial score (nSPS) is 11.4. The van der Waals surface area contributed by atoms with Gasteiger partial charge >= 0.3 is 0 Å². The summed E-state index contributed by atoms with van der Waals surface area (Å²) in [6.45, 7) is 4.11. The number of hydrazone groups is 1. The van der Waals surface area contributed by atoms with Crippen molar-refractivity contribution in [1.29, 1.82) is 0 Å². The molecule has 0 aliphatic rings. The van der Waals surface area contributed by atoms with Gasteiger partial charge in [0.25, 0.3) is 5.91 Å². The molecular weight excluding hydrogens is 448 g/mol. The lowest BCUT2D eigenvalue weighted by molar-refractivity contribution is 0.0950. The average molecular weight is 467 g/mol. The highest BCUT2D eigenvalue weighted by molar-refractivity contribution is 6.30. The molecule has 0 saturated heterocycles. The minimum Gasteiger partial charge on any atom is -0.494 e. The van der Waals surface area contributed by atoms with Gasteiger partial charge in [-0.05, 0) is 54.0 Å². The van der Waals surface area contributed by atoms with Gasteiger partial charge in [-0.1, -0.05) is 41.1 Å². The first-order chi connectivity index (χ1) is 16.0. The van der Waals surface area contributed by atoms with Crippen molar-refractivity contribution in [1.82, 2.24) is 30.7 Å². The number of carbonyl (C=O) groups is 1. The van der Waals surface area contributed by atoms with Gasteiger partial charge in [0, 0.05) is 10.6 Å². The highest BCUT2D eigenvalue weighted by Crippen LogP contribution is 2.29. The Morgan fingerprint density at radius 1 is 1.24 bits per heavy atom. The molecule has 0 aliphatic heterocycles. The Morgan fingerprint density at radius 3 is 2.73 bits per heavy atom. The summed E-state index contributed by atoms with van der Waals surface area (Å²) in [5.74, 6) is 0.114. The van der Waals surface area contributed by atoms with Crippen molar-refractivity contribution < 1.29 is 14.2 Å². The van der Waals surface area contributed by atoms with E-state index in [2.05, 4.69) is 35.8 Å². The maximum atomic E-state index is 13.0. The van der Waals surface area contributed by atoms with Crippen LogP contribution in [0.3, 0.4) is 0 Å². The number of nitrogen functional groups attached to an aromatic ring is 1. The van der Waals surface area contributed by atoms with Gasteiger partial charge in [0.1, 0.15) is 11.4 Å². The molecule has 4 aromatic rings. The molecule has 33 heavy (non-hydrogen) atoms. The van der Waals surface area contributed by atoms with Crippen molar-refractivity contribution in [3.05, 3.63) is 64.8 Å². The predicted molar refractivity (Wildman–Crippen MR) is 121 cm³/mol. The van der Waals surface area contributed by atoms with Crippen LogP contribution in [-0.2, 0) is 0 Å². The number of rotatable bonds is 7. The van der Waals surface area contributed by atoms with Crippen LogP contribution < -0.4 is 15.9 Å². The van der Waals surface area contributed by atoms with Crippen LogP contribution in [0, 0.1) is 0 Å². The van der Waals surface area contributed by atoms with Crippen LogP contribution in [0.5, 0.6) is 5.75 Å². The number of nitrogens with two attached hydrogens (primary N) is 1. The summed E-state index contributed by atoms with van der Waals surface area (Å²) in [5, 5.41) is 20.2. The van der Waals surface area contributed by atoms with Gasteiger partial charge in [-0.15, -0.1) is 5.10 Å². The quantitative estimate of drug-likeness (QED) is 0.312. The van der Waals surface area contributed by atoms with Crippen molar-refractivity contribution in [2.75, 3.05) is 12.3 Å². The number of carbonyl (C=O) groups excluding carboxylic acids is 1. The van der Waals surface area contributed by atoms with Crippen LogP contribution in [-0.4, -0.2) is 43.5 Å². The monoisotopic (exact) mass is 466 g/mol. The summed E-state index contributed by atoms with van der Waals surface area (Å²) in [5.41, 5.74) is 10.6. The first-order valence-corrected chi connectivity index (χ1v) is 10.2. The van der Waals surface area contributed by atoms with E-state index in [1.54, 1.807) is 55.5 Å². The minimum atomic E-state index is -0.582. The number of halogens is 1. The number of hydrogen-bond acceptors (Lipinski definition) is 9. The molecule has 0 aliphatic carbocycles. The second kappa shape index (κ2) is 9.49. The molecule has 2 aromatic carbocycles. The lowest BCUT2D eigenvalue weighted by Crippen LogP contribution is -2.21. The van der Waals surface area contributed by atoms with Gasteiger partial charge in [0.2, 0.25) is 11.6 Å². The Balaban J connectivity index is 1.72. The van der Waals surface area contributed by atoms with Crippen LogP contribution in [0.2, 0.25) is 5.02 Å². The van der Waals surface area contributed by atoms with Gasteiger partial charge in [-0.2, -0.15) is 9.78 Å². The number of benzene rings is 2. The zero-order chi connectivity index (χ0) is 23.4. The number of amides is 1. The Bertz CT molecular complexity index is 1310.